The van der Waals surface area contributed by atoms with E-state index in [1.165, 1.54) is 10.9 Å². The van der Waals surface area contributed by atoms with Gasteiger partial charge in [-0.15, -0.1) is 0 Å². The maximum Gasteiger partial charge on any atom is 0.338 e. The summed E-state index contributed by atoms with van der Waals surface area (Å²) in [4.78, 5) is 34.9. The molecule has 27 heavy (non-hydrogen) atoms. The molecular weight excluding hydrogens is 355 g/mol. The van der Waals surface area contributed by atoms with Crippen LogP contribution in [0.25, 0.3) is 11.1 Å². The number of esters is 1. The van der Waals surface area contributed by atoms with Crippen molar-refractivity contribution >= 4 is 11.9 Å². The van der Waals surface area contributed by atoms with Crippen LogP contribution in [-0.2, 0) is 9.53 Å². The standard InChI is InChI=1S/C19H23FN2O5/c1-11-17(18(25)26)13-8-12(23)9-15(20)14(13)10-22(11)21-7-5-6-16(24)27-19(2,3)4/h8-10,21H,5-7H2,1-4H3,(H,25,26). The molecule has 1 heterocycles. The highest BCUT2D eigenvalue weighted by Crippen LogP contribution is 2.29. The molecule has 0 bridgehead atoms. The zero-order chi connectivity index (χ0) is 20.4. The molecule has 1 aliphatic carbocycles. The zero-order valence-electron chi connectivity index (χ0n) is 15.8. The van der Waals surface area contributed by atoms with Gasteiger partial charge >= 0.3 is 11.9 Å². The minimum absolute atomic E-state index is 0.0252. The number of carboxylic acids is 1. The minimum atomic E-state index is -1.26. The number of halogens is 1. The van der Waals surface area contributed by atoms with E-state index in [1.54, 1.807) is 27.7 Å². The van der Waals surface area contributed by atoms with Crippen LogP contribution in [0.2, 0.25) is 0 Å². The van der Waals surface area contributed by atoms with Gasteiger partial charge in [0.15, 0.2) is 5.43 Å². The minimum Gasteiger partial charge on any atom is -0.478 e. The highest BCUT2D eigenvalue weighted by atomic mass is 19.1. The van der Waals surface area contributed by atoms with Gasteiger partial charge in [0.05, 0.1) is 11.3 Å². The maximum absolute atomic E-state index is 14.2. The number of hydrogen-bond acceptors (Lipinski definition) is 5. The van der Waals surface area contributed by atoms with Gasteiger partial charge in [0.1, 0.15) is 11.4 Å². The molecule has 0 fully saturated rings. The highest BCUT2D eigenvalue weighted by Gasteiger charge is 2.23. The third-order valence-electron chi connectivity index (χ3n) is 3.83. The van der Waals surface area contributed by atoms with Gasteiger partial charge in [0.25, 0.3) is 0 Å². The van der Waals surface area contributed by atoms with Crippen molar-refractivity contribution in [1.82, 2.24) is 4.68 Å². The molecule has 2 aliphatic rings. The number of aromatic carboxylic acids is 1. The van der Waals surface area contributed by atoms with Gasteiger partial charge < -0.3 is 15.3 Å². The molecule has 0 radical (unpaired) electrons. The summed E-state index contributed by atoms with van der Waals surface area (Å²) >= 11 is 0. The van der Waals surface area contributed by atoms with Crippen LogP contribution in [0.4, 0.5) is 4.39 Å². The van der Waals surface area contributed by atoms with Crippen LogP contribution in [-0.4, -0.2) is 33.9 Å². The van der Waals surface area contributed by atoms with Crippen molar-refractivity contribution in [3.8, 4) is 11.1 Å². The smallest absolute Gasteiger partial charge is 0.338 e. The maximum atomic E-state index is 14.2. The normalized spacial score (nSPS) is 11.4. The van der Waals surface area contributed by atoms with Crippen molar-refractivity contribution in [3.05, 3.63) is 45.6 Å². The van der Waals surface area contributed by atoms with Gasteiger partial charge in [-0.25, -0.2) is 9.18 Å². The molecule has 0 aromatic carbocycles. The first-order valence-electron chi connectivity index (χ1n) is 8.54. The number of carbonyl (C=O) groups is 2. The number of pyridine rings is 1. The van der Waals surface area contributed by atoms with E-state index in [0.717, 1.165) is 12.1 Å². The number of carboxylic acid groups (broad SMARTS) is 1. The van der Waals surface area contributed by atoms with E-state index in [0.29, 0.717) is 18.7 Å². The molecular formula is C19H23FN2O5. The Morgan fingerprint density at radius 1 is 1.26 bits per heavy atom. The van der Waals surface area contributed by atoms with Crippen LogP contribution < -0.4 is 10.9 Å². The lowest BCUT2D eigenvalue weighted by Gasteiger charge is -2.21. The second-order valence-corrected chi connectivity index (χ2v) is 7.23. The SMILES string of the molecule is Cc1c(C(=O)O)c2cc(=O)cc(F)c-2cn1NCCCC(=O)OC(C)(C)C. The van der Waals surface area contributed by atoms with Crippen molar-refractivity contribution in [1.29, 1.82) is 0 Å². The number of hydrogen-bond donors (Lipinski definition) is 2. The molecule has 0 aromatic rings. The Bertz CT molecular complexity index is 898. The molecule has 0 spiro atoms. The van der Waals surface area contributed by atoms with Crippen molar-refractivity contribution in [2.45, 2.75) is 46.1 Å². The van der Waals surface area contributed by atoms with Gasteiger partial charge in [-0.1, -0.05) is 0 Å². The summed E-state index contributed by atoms with van der Waals surface area (Å²) in [6.07, 6.45) is 2.04. The van der Waals surface area contributed by atoms with Gasteiger partial charge in [0.2, 0.25) is 0 Å². The summed E-state index contributed by atoms with van der Waals surface area (Å²) < 4.78 is 20.8. The first kappa shape index (κ1) is 20.4. The summed E-state index contributed by atoms with van der Waals surface area (Å²) in [6, 6.07) is 1.93. The second kappa shape index (κ2) is 7.77. The monoisotopic (exact) mass is 378 g/mol. The number of nitrogens with zero attached hydrogens (tertiary/aromatic N) is 1. The Balaban J connectivity index is 2.21. The molecule has 2 rings (SSSR count). The van der Waals surface area contributed by atoms with E-state index in [-0.39, 0.29) is 29.1 Å². The van der Waals surface area contributed by atoms with E-state index in [2.05, 4.69) is 5.43 Å². The number of benzene rings is 1. The molecule has 1 aliphatic heterocycles. The Morgan fingerprint density at radius 2 is 1.93 bits per heavy atom. The summed E-state index contributed by atoms with van der Waals surface area (Å²) in [5, 5.41) is 9.50. The van der Waals surface area contributed by atoms with Gasteiger partial charge in [0, 0.05) is 36.4 Å². The lowest BCUT2D eigenvalue weighted by molar-refractivity contribution is -0.154. The van der Waals surface area contributed by atoms with E-state index >= 15 is 0 Å². The van der Waals surface area contributed by atoms with E-state index in [1.807, 2.05) is 0 Å². The molecule has 7 nitrogen and oxygen atoms in total. The van der Waals surface area contributed by atoms with E-state index < -0.39 is 22.8 Å². The number of nitrogens with one attached hydrogen (secondary N) is 1. The highest BCUT2D eigenvalue weighted by molar-refractivity contribution is 5.97. The average Bonchev–Trinajstić information content (AvgIpc) is 2.50. The topological polar surface area (TPSA) is 97.6 Å². The van der Waals surface area contributed by atoms with Crippen molar-refractivity contribution < 1.29 is 23.8 Å². The quantitative estimate of drug-likeness (QED) is 0.593. The Hall–Kier alpha value is -2.90. The van der Waals surface area contributed by atoms with Crippen LogP contribution in [0.15, 0.2) is 23.1 Å². The number of rotatable bonds is 6. The fourth-order valence-corrected chi connectivity index (χ4v) is 2.73. The molecule has 0 atom stereocenters. The fraction of sp³-hybridized carbons (Fsp3) is 0.421. The molecule has 0 unspecified atom stereocenters. The first-order valence-corrected chi connectivity index (χ1v) is 8.54. The average molecular weight is 378 g/mol. The number of fused-ring (bicyclic) bond motifs is 1. The van der Waals surface area contributed by atoms with Crippen LogP contribution in [0.5, 0.6) is 0 Å². The molecule has 146 valence electrons. The molecule has 2 N–H and O–H groups in total. The number of aromatic nitrogens is 1. The summed E-state index contributed by atoms with van der Waals surface area (Å²) in [5.74, 6) is -2.37. The summed E-state index contributed by atoms with van der Waals surface area (Å²) in [7, 11) is 0. The summed E-state index contributed by atoms with van der Waals surface area (Å²) in [5.41, 5.74) is 2.06. The Kier molecular flexibility index (Phi) is 5.88. The number of ether oxygens (including phenoxy) is 1. The molecule has 0 saturated heterocycles. The van der Waals surface area contributed by atoms with Gasteiger partial charge in [-0.3, -0.25) is 14.3 Å². The predicted molar refractivity (Wildman–Crippen MR) is 98.3 cm³/mol. The van der Waals surface area contributed by atoms with Crippen molar-refractivity contribution in [3.63, 3.8) is 0 Å². The van der Waals surface area contributed by atoms with Crippen LogP contribution in [0.3, 0.4) is 0 Å². The van der Waals surface area contributed by atoms with E-state index in [4.69, 9.17) is 4.74 Å². The number of carbonyl (C=O) groups excluding carboxylic acids is 1. The zero-order valence-corrected chi connectivity index (χ0v) is 15.8. The lowest BCUT2D eigenvalue weighted by Crippen LogP contribution is -2.26. The third-order valence-corrected chi connectivity index (χ3v) is 3.83. The Morgan fingerprint density at radius 3 is 2.52 bits per heavy atom. The van der Waals surface area contributed by atoms with Crippen molar-refractivity contribution in [2.24, 2.45) is 0 Å². The largest absolute Gasteiger partial charge is 0.478 e. The first-order chi connectivity index (χ1) is 12.5. The fourth-order valence-electron chi connectivity index (χ4n) is 2.73. The molecule has 0 amide bonds. The molecule has 0 saturated carbocycles. The van der Waals surface area contributed by atoms with Crippen LogP contribution in [0.1, 0.15) is 49.7 Å². The Labute approximate surface area is 156 Å². The van der Waals surface area contributed by atoms with Gasteiger partial charge in [-0.05, 0) is 40.2 Å². The second-order valence-electron chi connectivity index (χ2n) is 7.23. The van der Waals surface area contributed by atoms with Crippen LogP contribution in [0, 0.1) is 12.7 Å². The molecule has 8 heteroatoms. The third kappa shape index (κ3) is 5.06. The van der Waals surface area contributed by atoms with E-state index in [9.17, 15) is 23.9 Å². The van der Waals surface area contributed by atoms with Gasteiger partial charge in [-0.2, -0.15) is 0 Å². The lowest BCUT2D eigenvalue weighted by atomic mass is 9.97. The van der Waals surface area contributed by atoms with Crippen LogP contribution >= 0.6 is 0 Å². The predicted octanol–water partition coefficient (Wildman–Crippen LogP) is 2.76. The summed E-state index contributed by atoms with van der Waals surface area (Å²) in [6.45, 7) is 7.25. The van der Waals surface area contributed by atoms with Crippen molar-refractivity contribution in [2.75, 3.05) is 12.0 Å². The molecule has 0 aromatic heterocycles.